The first-order valence-electron chi connectivity index (χ1n) is 7.60. The van der Waals surface area contributed by atoms with Gasteiger partial charge in [-0.2, -0.15) is 0 Å². The molecular formula is C16H23ClN2O2. The van der Waals surface area contributed by atoms with E-state index in [1.807, 2.05) is 13.8 Å². The van der Waals surface area contributed by atoms with Crippen LogP contribution in [0.25, 0.3) is 0 Å². The summed E-state index contributed by atoms with van der Waals surface area (Å²) in [7, 11) is 0. The Labute approximate surface area is 130 Å². The first-order chi connectivity index (χ1) is 10.0. The van der Waals surface area contributed by atoms with E-state index in [4.69, 9.17) is 11.6 Å². The second-order valence-corrected chi connectivity index (χ2v) is 6.45. The molecule has 1 aliphatic carbocycles. The van der Waals surface area contributed by atoms with Crippen LogP contribution in [-0.4, -0.2) is 28.6 Å². The largest absolute Gasteiger partial charge is 0.396 e. The molecule has 1 aromatic heterocycles. The van der Waals surface area contributed by atoms with Crippen molar-refractivity contribution < 1.29 is 9.90 Å². The lowest BCUT2D eigenvalue weighted by Gasteiger charge is -2.30. The highest BCUT2D eigenvalue weighted by molar-refractivity contribution is 6.29. The van der Waals surface area contributed by atoms with E-state index in [0.717, 1.165) is 31.4 Å². The topological polar surface area (TPSA) is 62.2 Å². The second kappa shape index (κ2) is 7.23. The number of aliphatic hydroxyl groups excluding tert-OH is 1. The van der Waals surface area contributed by atoms with Crippen LogP contribution >= 0.6 is 11.6 Å². The second-order valence-electron chi connectivity index (χ2n) is 6.07. The molecule has 21 heavy (non-hydrogen) atoms. The highest BCUT2D eigenvalue weighted by Crippen LogP contribution is 2.25. The minimum Gasteiger partial charge on any atom is -0.396 e. The minimum absolute atomic E-state index is 0.0469. The third kappa shape index (κ3) is 4.17. The Bertz CT molecular complexity index is 505. The van der Waals surface area contributed by atoms with Crippen LogP contribution in [0, 0.1) is 5.92 Å². The van der Waals surface area contributed by atoms with E-state index in [0.29, 0.717) is 10.7 Å². The van der Waals surface area contributed by atoms with Crippen LogP contribution in [0.1, 0.15) is 61.5 Å². The predicted molar refractivity (Wildman–Crippen MR) is 83.6 cm³/mol. The highest BCUT2D eigenvalue weighted by Gasteiger charge is 2.26. The maximum Gasteiger partial charge on any atom is 0.251 e. The summed E-state index contributed by atoms with van der Waals surface area (Å²) < 4.78 is 0. The highest BCUT2D eigenvalue weighted by atomic mass is 35.5. The minimum atomic E-state index is -0.133. The summed E-state index contributed by atoms with van der Waals surface area (Å²) in [5.74, 6) is 0.242. The van der Waals surface area contributed by atoms with Crippen LogP contribution in [0.2, 0.25) is 5.15 Å². The molecule has 0 aliphatic heterocycles. The molecule has 2 atom stereocenters. The van der Waals surface area contributed by atoms with Gasteiger partial charge in [-0.3, -0.25) is 4.79 Å². The van der Waals surface area contributed by atoms with E-state index < -0.39 is 0 Å². The van der Waals surface area contributed by atoms with E-state index >= 15 is 0 Å². The van der Waals surface area contributed by atoms with Gasteiger partial charge in [-0.05, 0) is 30.9 Å². The summed E-state index contributed by atoms with van der Waals surface area (Å²) in [5.41, 5.74) is 1.36. The fraction of sp³-hybridized carbons (Fsp3) is 0.625. The zero-order valence-electron chi connectivity index (χ0n) is 12.6. The lowest BCUT2D eigenvalue weighted by molar-refractivity contribution is 0.0872. The number of carbonyl (C=O) groups excluding carboxylic acids is 1. The van der Waals surface area contributed by atoms with Gasteiger partial charge >= 0.3 is 0 Å². The number of halogens is 1. The smallest absolute Gasteiger partial charge is 0.251 e. The number of carbonyl (C=O) groups is 1. The van der Waals surface area contributed by atoms with Gasteiger partial charge in [0.2, 0.25) is 0 Å². The lowest BCUT2D eigenvalue weighted by Crippen LogP contribution is -2.43. The van der Waals surface area contributed by atoms with Crippen LogP contribution in [0.4, 0.5) is 0 Å². The molecular weight excluding hydrogens is 288 g/mol. The first-order valence-corrected chi connectivity index (χ1v) is 7.98. The molecule has 1 saturated carbocycles. The number of aliphatic hydroxyl groups is 1. The van der Waals surface area contributed by atoms with Gasteiger partial charge in [-0.25, -0.2) is 4.98 Å². The lowest BCUT2D eigenvalue weighted by atomic mass is 9.85. The van der Waals surface area contributed by atoms with E-state index in [-0.39, 0.29) is 30.4 Å². The zero-order valence-corrected chi connectivity index (χ0v) is 13.4. The molecule has 1 aliphatic rings. The Morgan fingerprint density at radius 3 is 2.81 bits per heavy atom. The van der Waals surface area contributed by atoms with Crippen molar-refractivity contribution in [2.75, 3.05) is 6.61 Å². The molecule has 1 fully saturated rings. The fourth-order valence-corrected chi connectivity index (χ4v) is 3.03. The summed E-state index contributed by atoms with van der Waals surface area (Å²) in [6, 6.07) is 3.44. The summed E-state index contributed by atoms with van der Waals surface area (Å²) in [6.45, 7) is 4.16. The third-order valence-electron chi connectivity index (χ3n) is 4.13. The number of hydrogen-bond donors (Lipinski definition) is 2. The van der Waals surface area contributed by atoms with Crippen LogP contribution in [0.3, 0.4) is 0 Å². The fourth-order valence-electron chi connectivity index (χ4n) is 2.81. The molecule has 0 saturated heterocycles. The molecule has 1 amide bonds. The first kappa shape index (κ1) is 16.2. The maximum absolute atomic E-state index is 12.4. The van der Waals surface area contributed by atoms with Crippen molar-refractivity contribution >= 4 is 17.5 Å². The van der Waals surface area contributed by atoms with Gasteiger partial charge in [0.05, 0.1) is 0 Å². The number of hydrogen-bond acceptors (Lipinski definition) is 3. The molecule has 2 rings (SSSR count). The van der Waals surface area contributed by atoms with Crippen molar-refractivity contribution in [1.29, 1.82) is 0 Å². The average molecular weight is 311 g/mol. The standard InChI is InChI=1S/C16H23ClN2O2/c1-10(2)14-7-12(8-15(17)18-14)16(21)19-13-6-4-3-5-11(13)9-20/h7-8,10-11,13,20H,3-6,9H2,1-2H3,(H,19,21). The number of nitrogens with zero attached hydrogens (tertiary/aromatic N) is 1. The Hall–Kier alpha value is -1.13. The monoisotopic (exact) mass is 310 g/mol. The number of nitrogens with one attached hydrogen (secondary N) is 1. The van der Waals surface area contributed by atoms with E-state index in [2.05, 4.69) is 10.3 Å². The van der Waals surface area contributed by atoms with E-state index in [1.165, 1.54) is 0 Å². The van der Waals surface area contributed by atoms with Crippen LogP contribution in [-0.2, 0) is 0 Å². The quantitative estimate of drug-likeness (QED) is 0.840. The molecule has 0 aromatic carbocycles. The molecule has 4 nitrogen and oxygen atoms in total. The SMILES string of the molecule is CC(C)c1cc(C(=O)NC2CCCCC2CO)cc(Cl)n1. The number of aromatic nitrogens is 1. The predicted octanol–water partition coefficient (Wildman–Crippen LogP) is 3.14. The van der Waals surface area contributed by atoms with Crippen molar-refractivity contribution in [2.24, 2.45) is 5.92 Å². The van der Waals surface area contributed by atoms with Crippen LogP contribution < -0.4 is 5.32 Å². The van der Waals surface area contributed by atoms with Crippen LogP contribution in [0.15, 0.2) is 12.1 Å². The zero-order chi connectivity index (χ0) is 15.4. The molecule has 0 radical (unpaired) electrons. The molecule has 1 aromatic rings. The number of amides is 1. The van der Waals surface area contributed by atoms with E-state index in [1.54, 1.807) is 12.1 Å². The summed E-state index contributed by atoms with van der Waals surface area (Å²) >= 11 is 6.01. The molecule has 2 N–H and O–H groups in total. The third-order valence-corrected chi connectivity index (χ3v) is 4.32. The Balaban J connectivity index is 2.12. The molecule has 5 heteroatoms. The van der Waals surface area contributed by atoms with Gasteiger partial charge < -0.3 is 10.4 Å². The molecule has 0 spiro atoms. The molecule has 1 heterocycles. The van der Waals surface area contributed by atoms with Gasteiger partial charge in [0.1, 0.15) is 5.15 Å². The normalized spacial score (nSPS) is 22.3. The average Bonchev–Trinajstić information content (AvgIpc) is 2.47. The van der Waals surface area contributed by atoms with E-state index in [9.17, 15) is 9.90 Å². The van der Waals surface area contributed by atoms with Gasteiger partial charge in [-0.1, -0.05) is 38.3 Å². The van der Waals surface area contributed by atoms with Crippen LogP contribution in [0.5, 0.6) is 0 Å². The van der Waals surface area contributed by atoms with Crippen molar-refractivity contribution in [3.8, 4) is 0 Å². The Kier molecular flexibility index (Phi) is 5.59. The van der Waals surface area contributed by atoms with Crippen molar-refractivity contribution in [1.82, 2.24) is 10.3 Å². The van der Waals surface area contributed by atoms with Gasteiger partial charge in [0.25, 0.3) is 5.91 Å². The summed E-state index contributed by atoms with van der Waals surface area (Å²) in [5, 5.41) is 12.8. The van der Waals surface area contributed by atoms with Gasteiger partial charge in [0, 0.05) is 29.8 Å². The molecule has 116 valence electrons. The van der Waals surface area contributed by atoms with Gasteiger partial charge in [0.15, 0.2) is 0 Å². The summed E-state index contributed by atoms with van der Waals surface area (Å²) in [6.07, 6.45) is 4.11. The van der Waals surface area contributed by atoms with Crippen molar-refractivity contribution in [3.63, 3.8) is 0 Å². The number of rotatable bonds is 4. The Morgan fingerprint density at radius 2 is 2.14 bits per heavy atom. The Morgan fingerprint density at radius 1 is 1.43 bits per heavy atom. The van der Waals surface area contributed by atoms with Crippen molar-refractivity contribution in [2.45, 2.75) is 51.5 Å². The maximum atomic E-state index is 12.4. The van der Waals surface area contributed by atoms with Crippen molar-refractivity contribution in [3.05, 3.63) is 28.5 Å². The molecule has 0 bridgehead atoms. The molecule has 2 unspecified atom stereocenters. The number of pyridine rings is 1. The van der Waals surface area contributed by atoms with Gasteiger partial charge in [-0.15, -0.1) is 0 Å². The summed E-state index contributed by atoms with van der Waals surface area (Å²) in [4.78, 5) is 16.7.